The molecule has 6 N–H and O–H groups in total. The number of likely N-dealkylation sites (N-methyl/N-ethyl adjacent to an activating group) is 1. The van der Waals surface area contributed by atoms with Crippen LogP contribution in [0.4, 0.5) is 0 Å². The third kappa shape index (κ3) is 5.69. The number of aromatic hydroxyl groups is 1. The number of phenols is 1. The number of carbonyl (C=O) groups is 5. The molecule has 0 amide bonds. The monoisotopic (exact) mass is 637 g/mol. The minimum absolute atomic E-state index is 0.0188. The van der Waals surface area contributed by atoms with Gasteiger partial charge in [-0.15, -0.1) is 0 Å². The number of carboxylic acids is 2. The highest BCUT2D eigenvalue weighted by Gasteiger charge is 2.69. The number of aliphatic carboxylic acids is 2. The van der Waals surface area contributed by atoms with Crippen molar-refractivity contribution in [1.82, 2.24) is 4.90 Å². The summed E-state index contributed by atoms with van der Waals surface area (Å²) in [4.78, 5) is 61.4. The van der Waals surface area contributed by atoms with Crippen molar-refractivity contribution in [1.29, 1.82) is 0 Å². The Kier molecular flexibility index (Phi) is 9.17. The Morgan fingerprint density at radius 1 is 1.07 bits per heavy atom. The molecule has 0 aromatic heterocycles. The van der Waals surface area contributed by atoms with E-state index in [4.69, 9.17) is 19.7 Å². The molecule has 246 valence electrons. The molecule has 1 aromatic rings. The van der Waals surface area contributed by atoms with E-state index in [0.717, 1.165) is 12.5 Å². The van der Waals surface area contributed by atoms with Crippen molar-refractivity contribution in [2.45, 2.75) is 87.6 Å². The Balaban J connectivity index is 1.51. The Bertz CT molecular complexity index is 1440. The molecule has 0 saturated carbocycles. The van der Waals surface area contributed by atoms with E-state index in [0.29, 0.717) is 18.5 Å². The third-order valence-electron chi connectivity index (χ3n) is 8.85. The number of aliphatic hydroxyl groups excluding tert-OH is 2. The molecular formula is C29H35NO15. The van der Waals surface area contributed by atoms with Crippen molar-refractivity contribution in [3.63, 3.8) is 0 Å². The number of carbonyl (C=O) groups excluding carboxylic acids is 3. The fourth-order valence-corrected chi connectivity index (χ4v) is 6.31. The van der Waals surface area contributed by atoms with Crippen molar-refractivity contribution >= 4 is 29.8 Å². The highest BCUT2D eigenvalue weighted by molar-refractivity contribution is 5.88. The van der Waals surface area contributed by atoms with Gasteiger partial charge in [0.25, 0.3) is 0 Å². The topological polar surface area (TPSA) is 247 Å². The van der Waals surface area contributed by atoms with Crippen molar-refractivity contribution in [3.05, 3.63) is 35.1 Å². The molecule has 0 bridgehead atoms. The number of carboxylic acid groups (broad SMARTS) is 2. The first-order chi connectivity index (χ1) is 21.0. The van der Waals surface area contributed by atoms with Crippen LogP contribution in [0.15, 0.2) is 24.0 Å². The molecule has 8 atom stereocenters. The van der Waals surface area contributed by atoms with Crippen LogP contribution in [0, 0.1) is 6.92 Å². The van der Waals surface area contributed by atoms with Crippen LogP contribution in [0.1, 0.15) is 44.2 Å². The second-order valence-electron chi connectivity index (χ2n) is 11.5. The number of aliphatic hydroxyl groups is 3. The fourth-order valence-electron chi connectivity index (χ4n) is 6.31. The lowest BCUT2D eigenvalue weighted by molar-refractivity contribution is -0.185. The highest BCUT2D eigenvalue weighted by atomic mass is 16.6. The Labute approximate surface area is 256 Å². The summed E-state index contributed by atoms with van der Waals surface area (Å²) in [5.74, 6) is -8.21. The van der Waals surface area contributed by atoms with E-state index in [1.54, 1.807) is 13.0 Å². The van der Waals surface area contributed by atoms with E-state index in [2.05, 4.69) is 9.47 Å². The molecule has 1 fully saturated rings. The SMILES string of the molecule is Cc1ccc(O)c2c1[C@]13CCN(C)[C@H](C)[C@]1(O)CC=C(OC(=O)[C@H](O)[C@@H](O)C(=O)O[C@@H](C)C(=O)O[C@@H](CC(=O)O)C(=O)O)[C@@H]3O2. The first kappa shape index (κ1) is 33.6. The van der Waals surface area contributed by atoms with Crippen LogP contribution in [0.5, 0.6) is 11.5 Å². The highest BCUT2D eigenvalue weighted by Crippen LogP contribution is 2.62. The zero-order chi connectivity index (χ0) is 33.6. The molecule has 2 heterocycles. The number of benzene rings is 1. The van der Waals surface area contributed by atoms with Crippen LogP contribution in [0.2, 0.25) is 0 Å². The summed E-state index contributed by atoms with van der Waals surface area (Å²) in [7, 11) is 1.85. The van der Waals surface area contributed by atoms with Crippen molar-refractivity contribution < 1.29 is 73.6 Å². The van der Waals surface area contributed by atoms with E-state index >= 15 is 0 Å². The zero-order valence-corrected chi connectivity index (χ0v) is 24.8. The number of nitrogens with zero attached hydrogens (tertiary/aromatic N) is 1. The summed E-state index contributed by atoms with van der Waals surface area (Å²) in [6.45, 7) is 5.08. The molecule has 2 aliphatic heterocycles. The number of esters is 3. The molecule has 1 aromatic carbocycles. The maximum Gasteiger partial charge on any atom is 0.348 e. The minimum Gasteiger partial charge on any atom is -0.504 e. The fraction of sp³-hybridized carbons (Fsp3) is 0.552. The lowest BCUT2D eigenvalue weighted by atomic mass is 9.54. The van der Waals surface area contributed by atoms with Crippen molar-refractivity contribution in [2.24, 2.45) is 0 Å². The molecular weight excluding hydrogens is 602 g/mol. The Morgan fingerprint density at radius 3 is 2.33 bits per heavy atom. The number of rotatable bonds is 10. The van der Waals surface area contributed by atoms with Crippen molar-refractivity contribution in [3.8, 4) is 11.5 Å². The number of aryl methyl sites for hydroxylation is 1. The summed E-state index contributed by atoms with van der Waals surface area (Å²) >= 11 is 0. The zero-order valence-electron chi connectivity index (χ0n) is 24.8. The van der Waals surface area contributed by atoms with E-state index in [1.807, 2.05) is 18.9 Å². The van der Waals surface area contributed by atoms with Gasteiger partial charge in [-0.25, -0.2) is 19.2 Å². The molecule has 3 aliphatic rings. The van der Waals surface area contributed by atoms with Gasteiger partial charge in [-0.05, 0) is 58.5 Å². The van der Waals surface area contributed by atoms with Crippen LogP contribution in [0.3, 0.4) is 0 Å². The minimum atomic E-state index is -2.58. The second kappa shape index (κ2) is 12.3. The molecule has 1 aliphatic carbocycles. The standard InChI is InChI=1S/C29H35NO15/c1-12-5-6-15(31)22-19(12)28-9-10-30(4)14(3)29(28,41)8-7-16(23(28)45-22)43-27(40)21(35)20(34)26(39)42-13(2)25(38)44-17(24(36)37)11-18(32)33/h5-7,13-14,17,20-21,23,31,34-35,41H,8-11H2,1-4H3,(H,32,33)(H,36,37)/t13-,14+,17-,20+,21+,23-,28-,29+/m0/s1. The molecule has 1 saturated heterocycles. The lowest BCUT2D eigenvalue weighted by Crippen LogP contribution is -2.71. The van der Waals surface area contributed by atoms with Crippen LogP contribution in [-0.2, 0) is 43.6 Å². The molecule has 45 heavy (non-hydrogen) atoms. The number of fused-ring (bicyclic) bond motifs is 1. The summed E-state index contributed by atoms with van der Waals surface area (Å²) < 4.78 is 20.8. The van der Waals surface area contributed by atoms with Crippen molar-refractivity contribution in [2.75, 3.05) is 13.6 Å². The predicted octanol–water partition coefficient (Wildman–Crippen LogP) is -0.890. The smallest absolute Gasteiger partial charge is 0.348 e. The van der Waals surface area contributed by atoms with Gasteiger partial charge in [0.15, 0.2) is 35.9 Å². The largest absolute Gasteiger partial charge is 0.504 e. The molecule has 16 heteroatoms. The maximum atomic E-state index is 13.0. The van der Waals surface area contributed by atoms with Gasteiger partial charge in [-0.1, -0.05) is 6.07 Å². The first-order valence-corrected chi connectivity index (χ1v) is 14.0. The predicted molar refractivity (Wildman–Crippen MR) is 147 cm³/mol. The van der Waals surface area contributed by atoms with Crippen LogP contribution in [0.25, 0.3) is 0 Å². The van der Waals surface area contributed by atoms with Gasteiger partial charge in [0.1, 0.15) is 5.76 Å². The number of hydrogen-bond donors (Lipinski definition) is 6. The van der Waals surface area contributed by atoms with E-state index in [-0.39, 0.29) is 23.7 Å². The lowest BCUT2D eigenvalue weighted by Gasteiger charge is -2.58. The van der Waals surface area contributed by atoms with Gasteiger partial charge in [0.2, 0.25) is 6.10 Å². The molecule has 0 radical (unpaired) electrons. The molecule has 16 nitrogen and oxygen atoms in total. The summed E-state index contributed by atoms with van der Waals surface area (Å²) in [5.41, 5.74) is -1.36. The van der Waals surface area contributed by atoms with Crippen LogP contribution >= 0.6 is 0 Å². The number of phenolic OH excluding ortho intramolecular Hbond substituents is 1. The van der Waals surface area contributed by atoms with Crippen LogP contribution < -0.4 is 4.74 Å². The van der Waals surface area contributed by atoms with Gasteiger partial charge in [-0.2, -0.15) is 0 Å². The van der Waals surface area contributed by atoms with Gasteiger partial charge >= 0.3 is 29.8 Å². The Morgan fingerprint density at radius 2 is 1.71 bits per heavy atom. The second-order valence-corrected chi connectivity index (χ2v) is 11.5. The average molecular weight is 638 g/mol. The van der Waals surface area contributed by atoms with Gasteiger partial charge in [0.05, 0.1) is 17.4 Å². The first-order valence-electron chi connectivity index (χ1n) is 14.0. The maximum absolute atomic E-state index is 13.0. The van der Waals surface area contributed by atoms with E-state index < -0.39 is 83.8 Å². The number of piperidine rings is 1. The quantitative estimate of drug-likeness (QED) is 0.134. The number of ether oxygens (including phenoxy) is 4. The third-order valence-corrected chi connectivity index (χ3v) is 8.85. The average Bonchev–Trinajstić information content (AvgIpc) is 3.35. The summed E-state index contributed by atoms with van der Waals surface area (Å²) in [5, 5.41) is 61.4. The molecule has 0 unspecified atom stereocenters. The summed E-state index contributed by atoms with van der Waals surface area (Å²) in [6, 6.07) is 2.72. The molecule has 4 rings (SSSR count). The molecule has 1 spiro atoms. The summed E-state index contributed by atoms with van der Waals surface area (Å²) in [6.07, 6.45) is -9.56. The van der Waals surface area contributed by atoms with Gasteiger partial charge < -0.3 is 54.5 Å². The van der Waals surface area contributed by atoms with Gasteiger partial charge in [-0.3, -0.25) is 4.79 Å². The van der Waals surface area contributed by atoms with E-state index in [9.17, 15) is 44.4 Å². The van der Waals surface area contributed by atoms with Crippen LogP contribution in [-0.4, -0.2) is 121 Å². The number of hydrogen-bond acceptors (Lipinski definition) is 14. The van der Waals surface area contributed by atoms with E-state index in [1.165, 1.54) is 12.1 Å². The normalized spacial score (nSPS) is 28.0. The van der Waals surface area contributed by atoms with Gasteiger partial charge in [0, 0.05) is 18.0 Å². The number of likely N-dealkylation sites (tertiary alicyclic amines) is 1. The Hall–Kier alpha value is -4.25.